The largest absolute Gasteiger partial charge is 0.338 e. The van der Waals surface area contributed by atoms with E-state index in [1.807, 2.05) is 25.1 Å². The number of amides is 2. The summed E-state index contributed by atoms with van der Waals surface area (Å²) in [7, 11) is 0. The first-order valence-corrected chi connectivity index (χ1v) is 6.50. The van der Waals surface area contributed by atoms with Gasteiger partial charge >= 0.3 is 6.03 Å². The summed E-state index contributed by atoms with van der Waals surface area (Å²) in [5.41, 5.74) is 0.818. The third-order valence-electron chi connectivity index (χ3n) is 1.71. The van der Waals surface area contributed by atoms with Crippen LogP contribution >= 0.6 is 38.5 Å². The minimum Gasteiger partial charge on any atom is -0.338 e. The number of anilines is 1. The molecule has 0 aliphatic heterocycles. The lowest BCUT2D eigenvalue weighted by atomic mass is 10.3. The fourth-order valence-electron chi connectivity index (χ4n) is 0.998. The molecule has 1 aromatic carbocycles. The molecule has 3 nitrogen and oxygen atoms in total. The molecule has 0 aliphatic rings. The van der Waals surface area contributed by atoms with E-state index in [1.54, 1.807) is 0 Å². The predicted molar refractivity (Wildman–Crippen MR) is 74.2 cm³/mol. The van der Waals surface area contributed by atoms with Gasteiger partial charge in [-0.15, -0.1) is 0 Å². The Morgan fingerprint density at radius 2 is 2.27 bits per heavy atom. The van der Waals surface area contributed by atoms with Gasteiger partial charge in [-0.3, -0.25) is 0 Å². The van der Waals surface area contributed by atoms with Crippen LogP contribution in [-0.2, 0) is 0 Å². The van der Waals surface area contributed by atoms with Crippen molar-refractivity contribution in [3.8, 4) is 0 Å². The van der Waals surface area contributed by atoms with E-state index in [2.05, 4.69) is 49.2 Å². The molecule has 0 atom stereocenters. The number of benzene rings is 1. The van der Waals surface area contributed by atoms with Gasteiger partial charge in [0, 0.05) is 14.6 Å². The standard InChI is InChI=1S/C10H12BrIN2O/c1-2-5-13-10(15)14-9-6-7(11)3-4-8(9)12/h3-4,6H,2,5H2,1H3,(H2,13,14,15). The third-order valence-corrected chi connectivity index (χ3v) is 3.15. The van der Waals surface area contributed by atoms with E-state index >= 15 is 0 Å². The summed E-state index contributed by atoms with van der Waals surface area (Å²) in [5.74, 6) is 0. The maximum absolute atomic E-state index is 11.4. The first-order chi connectivity index (χ1) is 7.13. The smallest absolute Gasteiger partial charge is 0.319 e. The lowest BCUT2D eigenvalue weighted by Gasteiger charge is -2.08. The average molecular weight is 383 g/mol. The summed E-state index contributed by atoms with van der Waals surface area (Å²) >= 11 is 5.55. The van der Waals surface area contributed by atoms with Gasteiger partial charge in [-0.1, -0.05) is 22.9 Å². The minimum atomic E-state index is -0.159. The highest BCUT2D eigenvalue weighted by molar-refractivity contribution is 14.1. The molecule has 2 N–H and O–H groups in total. The molecule has 15 heavy (non-hydrogen) atoms. The zero-order valence-corrected chi connectivity index (χ0v) is 12.1. The highest BCUT2D eigenvalue weighted by Crippen LogP contribution is 2.22. The van der Waals surface area contributed by atoms with Gasteiger partial charge in [-0.05, 0) is 47.2 Å². The third kappa shape index (κ3) is 4.38. The normalized spacial score (nSPS) is 9.80. The topological polar surface area (TPSA) is 41.1 Å². The summed E-state index contributed by atoms with van der Waals surface area (Å²) in [6.45, 7) is 2.71. The molecule has 1 aromatic rings. The fraction of sp³-hybridized carbons (Fsp3) is 0.300. The van der Waals surface area contributed by atoms with Crippen molar-refractivity contribution < 1.29 is 4.79 Å². The van der Waals surface area contributed by atoms with Crippen LogP contribution in [-0.4, -0.2) is 12.6 Å². The fourth-order valence-corrected chi connectivity index (χ4v) is 1.83. The minimum absolute atomic E-state index is 0.159. The van der Waals surface area contributed by atoms with E-state index in [4.69, 9.17) is 0 Å². The Labute approximate surface area is 111 Å². The molecular formula is C10H12BrIN2O. The Bertz CT molecular complexity index is 357. The highest BCUT2D eigenvalue weighted by atomic mass is 127. The lowest BCUT2D eigenvalue weighted by Crippen LogP contribution is -2.29. The Morgan fingerprint density at radius 1 is 1.53 bits per heavy atom. The molecule has 0 saturated heterocycles. The van der Waals surface area contributed by atoms with Crippen LogP contribution in [0.25, 0.3) is 0 Å². The van der Waals surface area contributed by atoms with E-state index in [9.17, 15) is 4.79 Å². The van der Waals surface area contributed by atoms with Gasteiger partial charge in [-0.25, -0.2) is 4.79 Å². The Hall–Kier alpha value is -0.300. The van der Waals surface area contributed by atoms with E-state index in [-0.39, 0.29) is 6.03 Å². The van der Waals surface area contributed by atoms with Gasteiger partial charge in [0.05, 0.1) is 5.69 Å². The van der Waals surface area contributed by atoms with Gasteiger partial charge < -0.3 is 10.6 Å². The molecule has 82 valence electrons. The molecule has 0 unspecified atom stereocenters. The van der Waals surface area contributed by atoms with Crippen LogP contribution in [0.1, 0.15) is 13.3 Å². The number of nitrogens with one attached hydrogen (secondary N) is 2. The molecule has 0 heterocycles. The van der Waals surface area contributed by atoms with E-state index in [1.165, 1.54) is 0 Å². The van der Waals surface area contributed by atoms with Crippen molar-refractivity contribution in [3.63, 3.8) is 0 Å². The number of halogens is 2. The Kier molecular flexibility index (Phi) is 5.38. The molecule has 1 rings (SSSR count). The van der Waals surface area contributed by atoms with Gasteiger partial charge in [0.15, 0.2) is 0 Å². The molecule has 0 aromatic heterocycles. The van der Waals surface area contributed by atoms with Crippen molar-refractivity contribution in [1.29, 1.82) is 0 Å². The van der Waals surface area contributed by atoms with Crippen molar-refractivity contribution >= 4 is 50.2 Å². The molecule has 0 spiro atoms. The second-order valence-electron chi connectivity index (χ2n) is 3.01. The number of rotatable bonds is 3. The summed E-state index contributed by atoms with van der Waals surface area (Å²) in [4.78, 5) is 11.4. The van der Waals surface area contributed by atoms with Crippen LogP contribution in [0.5, 0.6) is 0 Å². The number of hydrogen-bond acceptors (Lipinski definition) is 1. The molecule has 5 heteroatoms. The van der Waals surface area contributed by atoms with E-state index in [0.29, 0.717) is 6.54 Å². The van der Waals surface area contributed by atoms with Crippen molar-refractivity contribution in [2.45, 2.75) is 13.3 Å². The van der Waals surface area contributed by atoms with Crippen molar-refractivity contribution in [2.24, 2.45) is 0 Å². The first-order valence-electron chi connectivity index (χ1n) is 4.63. The van der Waals surface area contributed by atoms with Crippen molar-refractivity contribution in [3.05, 3.63) is 26.2 Å². The molecule has 0 saturated carbocycles. The second-order valence-corrected chi connectivity index (χ2v) is 5.08. The highest BCUT2D eigenvalue weighted by Gasteiger charge is 2.04. The van der Waals surface area contributed by atoms with Crippen LogP contribution in [0.2, 0.25) is 0 Å². The zero-order chi connectivity index (χ0) is 11.3. The van der Waals surface area contributed by atoms with Crippen LogP contribution in [0.4, 0.5) is 10.5 Å². The molecule has 0 bridgehead atoms. The summed E-state index contributed by atoms with van der Waals surface area (Å²) in [5, 5.41) is 5.56. The summed E-state index contributed by atoms with van der Waals surface area (Å²) < 4.78 is 1.97. The van der Waals surface area contributed by atoms with E-state index < -0.39 is 0 Å². The second kappa shape index (κ2) is 6.32. The predicted octanol–water partition coefficient (Wildman–Crippen LogP) is 3.59. The van der Waals surface area contributed by atoms with Crippen LogP contribution < -0.4 is 10.6 Å². The number of hydrogen-bond donors (Lipinski definition) is 2. The Balaban J connectivity index is 2.63. The maximum atomic E-state index is 11.4. The van der Waals surface area contributed by atoms with Crippen molar-refractivity contribution in [2.75, 3.05) is 11.9 Å². The SMILES string of the molecule is CCCNC(=O)Nc1cc(Br)ccc1I. The molecular weight excluding hydrogens is 371 g/mol. The molecule has 2 amide bonds. The molecule has 0 fully saturated rings. The monoisotopic (exact) mass is 382 g/mol. The average Bonchev–Trinajstić information content (AvgIpc) is 2.20. The molecule has 0 radical (unpaired) electrons. The zero-order valence-electron chi connectivity index (χ0n) is 8.31. The van der Waals surface area contributed by atoms with Gasteiger partial charge in [0.25, 0.3) is 0 Å². The van der Waals surface area contributed by atoms with Crippen LogP contribution in [0.15, 0.2) is 22.7 Å². The first kappa shape index (κ1) is 12.8. The Morgan fingerprint density at radius 3 is 2.93 bits per heavy atom. The molecule has 0 aliphatic carbocycles. The maximum Gasteiger partial charge on any atom is 0.319 e. The number of carbonyl (C=O) groups is 1. The lowest BCUT2D eigenvalue weighted by molar-refractivity contribution is 0.252. The van der Waals surface area contributed by atoms with Gasteiger partial charge in [0.2, 0.25) is 0 Å². The summed E-state index contributed by atoms with van der Waals surface area (Å²) in [6.07, 6.45) is 0.934. The van der Waals surface area contributed by atoms with Gasteiger partial charge in [-0.2, -0.15) is 0 Å². The summed E-state index contributed by atoms with van der Waals surface area (Å²) in [6, 6.07) is 5.61. The van der Waals surface area contributed by atoms with Crippen molar-refractivity contribution in [1.82, 2.24) is 5.32 Å². The van der Waals surface area contributed by atoms with E-state index in [0.717, 1.165) is 20.2 Å². The number of urea groups is 1. The number of carbonyl (C=O) groups excluding carboxylic acids is 1. The quantitative estimate of drug-likeness (QED) is 0.770. The van der Waals surface area contributed by atoms with Gasteiger partial charge in [0.1, 0.15) is 0 Å². The van der Waals surface area contributed by atoms with Crippen LogP contribution in [0.3, 0.4) is 0 Å². The van der Waals surface area contributed by atoms with Crippen LogP contribution in [0, 0.1) is 3.57 Å².